The Bertz CT molecular complexity index is 594. The Labute approximate surface area is 147 Å². The Kier molecular flexibility index (Phi) is 6.08. The molecule has 0 saturated heterocycles. The van der Waals surface area contributed by atoms with Crippen molar-refractivity contribution >= 4 is 49.9 Å². The second kappa shape index (κ2) is 7.38. The first-order valence-electron chi connectivity index (χ1n) is 6.78. The van der Waals surface area contributed by atoms with Crippen LogP contribution in [0.2, 0.25) is 0 Å². The number of benzene rings is 1. The second-order valence-electron chi connectivity index (χ2n) is 4.96. The highest BCUT2D eigenvalue weighted by Gasteiger charge is 2.20. The van der Waals surface area contributed by atoms with Crippen LogP contribution in [-0.2, 0) is 0 Å². The van der Waals surface area contributed by atoms with Gasteiger partial charge in [-0.05, 0) is 84.8 Å². The lowest BCUT2D eigenvalue weighted by atomic mass is 10.0. The lowest BCUT2D eigenvalue weighted by Gasteiger charge is -2.20. The van der Waals surface area contributed by atoms with Gasteiger partial charge in [-0.25, -0.2) is 0 Å². The predicted octanol–water partition coefficient (Wildman–Crippen LogP) is 5.82. The Balaban J connectivity index is 2.46. The van der Waals surface area contributed by atoms with Gasteiger partial charge >= 0.3 is 0 Å². The molecule has 1 aromatic heterocycles. The molecule has 0 aliphatic carbocycles. The van der Waals surface area contributed by atoms with E-state index in [1.807, 2.05) is 11.3 Å². The van der Waals surface area contributed by atoms with Crippen LogP contribution < -0.4 is 5.32 Å². The molecule has 2 aromatic rings. The van der Waals surface area contributed by atoms with Crippen LogP contribution in [0, 0.1) is 17.4 Å². The average molecular weight is 464 g/mol. The summed E-state index contributed by atoms with van der Waals surface area (Å²) in [5.41, 5.74) is 2.75. The van der Waals surface area contributed by atoms with Gasteiger partial charge in [-0.3, -0.25) is 0 Å². The van der Waals surface area contributed by atoms with E-state index in [1.54, 1.807) is 0 Å². The van der Waals surface area contributed by atoms with Crippen LogP contribution in [0.4, 0.5) is 0 Å². The Morgan fingerprint density at radius 2 is 2.05 bits per heavy atom. The van der Waals surface area contributed by atoms with Crippen LogP contribution in [0.25, 0.3) is 0 Å². The fraction of sp³-hybridized carbons (Fsp3) is 0.375. The molecule has 0 bridgehead atoms. The maximum absolute atomic E-state index is 3.71. The first-order chi connectivity index (χ1) is 9.52. The molecule has 1 unspecified atom stereocenters. The summed E-state index contributed by atoms with van der Waals surface area (Å²) < 4.78 is 2.45. The van der Waals surface area contributed by atoms with Gasteiger partial charge in [0.05, 0.1) is 6.04 Å². The molecular weight excluding hydrogens is 445 g/mol. The molecular formula is C16H19BrINS. The van der Waals surface area contributed by atoms with Gasteiger partial charge in [0.15, 0.2) is 0 Å². The standard InChI is InChI=1S/C16H19BrINS/c1-4-7-19-15(16-10(2)8-11(3)20-16)13-9-12(17)5-6-14(13)18/h5-6,8-9,15,19H,4,7H2,1-3H3. The number of halogens is 2. The Morgan fingerprint density at radius 3 is 2.65 bits per heavy atom. The first-order valence-corrected chi connectivity index (χ1v) is 9.47. The molecule has 0 aliphatic rings. The van der Waals surface area contributed by atoms with E-state index < -0.39 is 0 Å². The molecule has 0 saturated carbocycles. The van der Waals surface area contributed by atoms with Crippen molar-refractivity contribution in [3.05, 3.63) is 53.2 Å². The summed E-state index contributed by atoms with van der Waals surface area (Å²) in [5.74, 6) is 0. The van der Waals surface area contributed by atoms with Crippen molar-refractivity contribution in [2.75, 3.05) is 6.54 Å². The molecule has 1 atom stereocenters. The molecule has 1 heterocycles. The van der Waals surface area contributed by atoms with Gasteiger partial charge in [0.1, 0.15) is 0 Å². The molecule has 0 fully saturated rings. The molecule has 0 amide bonds. The van der Waals surface area contributed by atoms with Gasteiger partial charge in [-0.1, -0.05) is 22.9 Å². The smallest absolute Gasteiger partial charge is 0.0684 e. The van der Waals surface area contributed by atoms with Crippen LogP contribution in [0.15, 0.2) is 28.7 Å². The number of aryl methyl sites for hydroxylation is 2. The van der Waals surface area contributed by atoms with Crippen LogP contribution in [-0.4, -0.2) is 6.54 Å². The lowest BCUT2D eigenvalue weighted by Crippen LogP contribution is -2.23. The van der Waals surface area contributed by atoms with Gasteiger partial charge < -0.3 is 5.32 Å². The number of hydrogen-bond donors (Lipinski definition) is 1. The highest BCUT2D eigenvalue weighted by atomic mass is 127. The largest absolute Gasteiger partial charge is 0.306 e. The molecule has 2 rings (SSSR count). The molecule has 0 radical (unpaired) electrons. The van der Waals surface area contributed by atoms with Gasteiger partial charge in [0.25, 0.3) is 0 Å². The van der Waals surface area contributed by atoms with Crippen molar-refractivity contribution in [3.63, 3.8) is 0 Å². The van der Waals surface area contributed by atoms with Crippen molar-refractivity contribution in [1.29, 1.82) is 0 Å². The van der Waals surface area contributed by atoms with E-state index in [2.05, 4.69) is 88.9 Å². The molecule has 0 aliphatic heterocycles. The van der Waals surface area contributed by atoms with E-state index in [0.29, 0.717) is 0 Å². The average Bonchev–Trinajstić information content (AvgIpc) is 2.73. The van der Waals surface area contributed by atoms with Crippen LogP contribution in [0.5, 0.6) is 0 Å². The summed E-state index contributed by atoms with van der Waals surface area (Å²) >= 11 is 7.94. The maximum Gasteiger partial charge on any atom is 0.0684 e. The summed E-state index contributed by atoms with van der Waals surface area (Å²) in [6, 6.07) is 9.10. The molecule has 0 spiro atoms. The molecule has 20 heavy (non-hydrogen) atoms. The third-order valence-corrected chi connectivity index (χ3v) is 5.90. The van der Waals surface area contributed by atoms with Crippen molar-refractivity contribution in [2.24, 2.45) is 0 Å². The van der Waals surface area contributed by atoms with E-state index in [4.69, 9.17) is 0 Å². The summed E-state index contributed by atoms with van der Waals surface area (Å²) in [5, 5.41) is 3.71. The molecule has 4 heteroatoms. The minimum Gasteiger partial charge on any atom is -0.306 e. The minimum atomic E-state index is 0.290. The summed E-state index contributed by atoms with van der Waals surface area (Å²) in [7, 11) is 0. The van der Waals surface area contributed by atoms with E-state index in [-0.39, 0.29) is 6.04 Å². The van der Waals surface area contributed by atoms with E-state index in [1.165, 1.54) is 24.5 Å². The first kappa shape index (κ1) is 16.5. The van der Waals surface area contributed by atoms with Crippen LogP contribution in [0.3, 0.4) is 0 Å². The Hall–Kier alpha value is 0.0900. The van der Waals surface area contributed by atoms with Crippen LogP contribution in [0.1, 0.15) is 40.3 Å². The molecule has 1 N–H and O–H groups in total. The van der Waals surface area contributed by atoms with Crippen molar-refractivity contribution in [3.8, 4) is 0 Å². The van der Waals surface area contributed by atoms with Crippen LogP contribution >= 0.6 is 49.9 Å². The number of hydrogen-bond acceptors (Lipinski definition) is 2. The van der Waals surface area contributed by atoms with Gasteiger partial charge in [-0.2, -0.15) is 0 Å². The maximum atomic E-state index is 3.71. The third-order valence-electron chi connectivity index (χ3n) is 3.21. The second-order valence-corrected chi connectivity index (χ2v) is 8.32. The number of thiophene rings is 1. The van der Waals surface area contributed by atoms with Crippen molar-refractivity contribution in [2.45, 2.75) is 33.2 Å². The minimum absolute atomic E-state index is 0.290. The van der Waals surface area contributed by atoms with Crippen molar-refractivity contribution < 1.29 is 0 Å². The SMILES string of the molecule is CCCNC(c1cc(Br)ccc1I)c1sc(C)cc1C. The quantitative estimate of drug-likeness (QED) is 0.550. The summed E-state index contributed by atoms with van der Waals surface area (Å²) in [6.07, 6.45) is 1.14. The number of rotatable bonds is 5. The fourth-order valence-electron chi connectivity index (χ4n) is 2.31. The van der Waals surface area contributed by atoms with Gasteiger partial charge in [-0.15, -0.1) is 11.3 Å². The monoisotopic (exact) mass is 463 g/mol. The normalized spacial score (nSPS) is 12.7. The highest BCUT2D eigenvalue weighted by Crippen LogP contribution is 2.35. The molecule has 1 nitrogen and oxygen atoms in total. The highest BCUT2D eigenvalue weighted by molar-refractivity contribution is 14.1. The van der Waals surface area contributed by atoms with E-state index in [0.717, 1.165) is 17.4 Å². The van der Waals surface area contributed by atoms with E-state index in [9.17, 15) is 0 Å². The lowest BCUT2D eigenvalue weighted by molar-refractivity contribution is 0.602. The van der Waals surface area contributed by atoms with Crippen molar-refractivity contribution in [1.82, 2.24) is 5.32 Å². The zero-order valence-electron chi connectivity index (χ0n) is 12.0. The molecule has 108 valence electrons. The summed E-state index contributed by atoms with van der Waals surface area (Å²) in [4.78, 5) is 2.82. The fourth-order valence-corrected chi connectivity index (χ4v) is 4.47. The molecule has 1 aromatic carbocycles. The van der Waals surface area contributed by atoms with Gasteiger partial charge in [0, 0.05) is 17.8 Å². The Morgan fingerprint density at radius 1 is 1.30 bits per heavy atom. The van der Waals surface area contributed by atoms with Gasteiger partial charge in [0.2, 0.25) is 0 Å². The zero-order valence-corrected chi connectivity index (χ0v) is 16.5. The predicted molar refractivity (Wildman–Crippen MR) is 101 cm³/mol. The third kappa shape index (κ3) is 3.84. The van der Waals surface area contributed by atoms with E-state index >= 15 is 0 Å². The summed E-state index contributed by atoms with van der Waals surface area (Å²) in [6.45, 7) is 7.64. The zero-order chi connectivity index (χ0) is 14.7. The topological polar surface area (TPSA) is 12.0 Å². The number of nitrogens with one attached hydrogen (secondary N) is 1.